The van der Waals surface area contributed by atoms with E-state index in [0.717, 1.165) is 11.1 Å². The van der Waals surface area contributed by atoms with Gasteiger partial charge in [0.05, 0.1) is 19.2 Å². The molecule has 0 aliphatic carbocycles. The number of anilines is 1. The lowest BCUT2D eigenvalue weighted by Gasteiger charge is -2.11. The Morgan fingerprint density at radius 1 is 1.20 bits per heavy atom. The maximum Gasteiger partial charge on any atom is 0.205 e. The van der Waals surface area contributed by atoms with Gasteiger partial charge < -0.3 is 31.0 Å². The second-order valence-corrected chi connectivity index (χ2v) is 7.10. The van der Waals surface area contributed by atoms with Crippen LogP contribution in [-0.2, 0) is 0 Å². The fourth-order valence-electron chi connectivity index (χ4n) is 3.26. The summed E-state index contributed by atoms with van der Waals surface area (Å²) in [5.74, 6) is 0.610. The molecule has 8 heteroatoms. The molecular weight excluding hydrogens is 384 g/mol. The number of phenolic OH excluding ortho intramolecular Hbond substituents is 1. The molecule has 6 N–H and O–H groups in total. The van der Waals surface area contributed by atoms with Crippen molar-refractivity contribution in [2.45, 2.75) is 20.8 Å². The Balaban J connectivity index is 2.12. The van der Waals surface area contributed by atoms with Gasteiger partial charge >= 0.3 is 0 Å². The van der Waals surface area contributed by atoms with Crippen LogP contribution in [-0.4, -0.2) is 37.0 Å². The Bertz CT molecular complexity index is 1140. The molecule has 0 aliphatic rings. The Morgan fingerprint density at radius 3 is 2.60 bits per heavy atom. The van der Waals surface area contributed by atoms with Crippen LogP contribution in [0.25, 0.3) is 11.0 Å². The van der Waals surface area contributed by atoms with E-state index in [1.165, 1.54) is 0 Å². The highest BCUT2D eigenvalue weighted by molar-refractivity contribution is 6.20. The Kier molecular flexibility index (Phi) is 5.86. The molecule has 1 aromatic heterocycles. The van der Waals surface area contributed by atoms with Crippen molar-refractivity contribution in [2.75, 3.05) is 25.5 Å². The molecule has 0 saturated carbocycles. The summed E-state index contributed by atoms with van der Waals surface area (Å²) in [5.41, 5.74) is 14.3. The molecule has 158 valence electrons. The third-order valence-corrected chi connectivity index (χ3v) is 5.05. The van der Waals surface area contributed by atoms with E-state index in [9.17, 15) is 9.90 Å². The topological polar surface area (TPSA) is 136 Å². The molecule has 0 bridgehead atoms. The number of rotatable bonds is 7. The van der Waals surface area contributed by atoms with Gasteiger partial charge in [-0.05, 0) is 55.7 Å². The minimum atomic E-state index is -0.247. The van der Waals surface area contributed by atoms with E-state index in [0.29, 0.717) is 40.9 Å². The summed E-state index contributed by atoms with van der Waals surface area (Å²) in [4.78, 5) is 17.4. The first-order valence-electron chi connectivity index (χ1n) is 9.48. The monoisotopic (exact) mass is 410 g/mol. The predicted octanol–water partition coefficient (Wildman–Crippen LogP) is 2.99. The smallest absolute Gasteiger partial charge is 0.205 e. The van der Waals surface area contributed by atoms with Gasteiger partial charge in [0.25, 0.3) is 0 Å². The number of benzene rings is 2. The Hall–Kier alpha value is -3.68. The summed E-state index contributed by atoms with van der Waals surface area (Å²) in [6.07, 6.45) is 0. The van der Waals surface area contributed by atoms with Crippen LogP contribution in [0.5, 0.6) is 11.5 Å². The number of ketones is 1. The first-order valence-corrected chi connectivity index (χ1v) is 9.48. The SMILES string of the molecule is COc1cc(C(=O)c2c(NCCN=C(N)N)oc3c(O)c(C)ccc23)cc(C)c1C. The van der Waals surface area contributed by atoms with Crippen molar-refractivity contribution in [3.8, 4) is 11.5 Å². The highest BCUT2D eigenvalue weighted by Gasteiger charge is 2.25. The second-order valence-electron chi connectivity index (χ2n) is 7.10. The van der Waals surface area contributed by atoms with Gasteiger partial charge in [0, 0.05) is 17.5 Å². The van der Waals surface area contributed by atoms with Crippen molar-refractivity contribution < 1.29 is 19.1 Å². The number of guanidine groups is 1. The van der Waals surface area contributed by atoms with Crippen molar-refractivity contribution in [1.82, 2.24) is 0 Å². The van der Waals surface area contributed by atoms with Gasteiger partial charge in [-0.15, -0.1) is 0 Å². The van der Waals surface area contributed by atoms with E-state index >= 15 is 0 Å². The summed E-state index contributed by atoms with van der Waals surface area (Å²) in [6, 6.07) is 7.03. The minimum Gasteiger partial charge on any atom is -0.504 e. The molecule has 30 heavy (non-hydrogen) atoms. The molecule has 3 rings (SSSR count). The number of hydrogen-bond acceptors (Lipinski definition) is 6. The zero-order valence-electron chi connectivity index (χ0n) is 17.5. The lowest BCUT2D eigenvalue weighted by Crippen LogP contribution is -2.24. The van der Waals surface area contributed by atoms with Gasteiger partial charge in [0.1, 0.15) is 5.75 Å². The molecular formula is C22H26N4O4. The zero-order valence-corrected chi connectivity index (χ0v) is 17.5. The highest BCUT2D eigenvalue weighted by Crippen LogP contribution is 2.38. The highest BCUT2D eigenvalue weighted by atomic mass is 16.5. The van der Waals surface area contributed by atoms with E-state index < -0.39 is 0 Å². The molecule has 8 nitrogen and oxygen atoms in total. The van der Waals surface area contributed by atoms with Crippen molar-refractivity contribution >= 4 is 28.6 Å². The first-order chi connectivity index (χ1) is 14.2. The molecule has 0 atom stereocenters. The molecule has 0 spiro atoms. The van der Waals surface area contributed by atoms with Crippen molar-refractivity contribution in [2.24, 2.45) is 16.5 Å². The zero-order chi connectivity index (χ0) is 22.0. The van der Waals surface area contributed by atoms with Crippen molar-refractivity contribution in [3.05, 3.63) is 52.1 Å². The van der Waals surface area contributed by atoms with Crippen LogP contribution in [0.4, 0.5) is 5.88 Å². The number of nitrogens with zero attached hydrogens (tertiary/aromatic N) is 1. The summed E-state index contributed by atoms with van der Waals surface area (Å²) in [5, 5.41) is 14.0. The van der Waals surface area contributed by atoms with Gasteiger partial charge in [0.15, 0.2) is 23.1 Å². The number of ether oxygens (including phenoxy) is 1. The molecule has 0 fully saturated rings. The number of aryl methyl sites for hydroxylation is 2. The van der Waals surface area contributed by atoms with Crippen LogP contribution in [0.1, 0.15) is 32.6 Å². The molecule has 3 aromatic rings. The van der Waals surface area contributed by atoms with Gasteiger partial charge in [0.2, 0.25) is 5.88 Å². The second kappa shape index (κ2) is 8.36. The average molecular weight is 410 g/mol. The molecule has 0 unspecified atom stereocenters. The van der Waals surface area contributed by atoms with Crippen LogP contribution >= 0.6 is 0 Å². The summed E-state index contributed by atoms with van der Waals surface area (Å²) < 4.78 is 11.3. The van der Waals surface area contributed by atoms with Crippen molar-refractivity contribution in [3.63, 3.8) is 0 Å². The average Bonchev–Trinajstić information content (AvgIpc) is 3.08. The lowest BCUT2D eigenvalue weighted by molar-refractivity contribution is 0.104. The van der Waals surface area contributed by atoms with Crippen LogP contribution in [0.2, 0.25) is 0 Å². The number of aliphatic imine (C=N–C) groups is 1. The van der Waals surface area contributed by atoms with Gasteiger partial charge in [-0.1, -0.05) is 6.07 Å². The molecule has 0 saturated heterocycles. The normalized spacial score (nSPS) is 10.8. The molecule has 0 radical (unpaired) electrons. The fraction of sp³-hybridized carbons (Fsp3) is 0.273. The van der Waals surface area contributed by atoms with E-state index in [-0.39, 0.29) is 29.0 Å². The number of hydrogen-bond donors (Lipinski definition) is 4. The number of aromatic hydroxyl groups is 1. The van der Waals surface area contributed by atoms with Gasteiger partial charge in [-0.25, -0.2) is 0 Å². The number of phenols is 1. The van der Waals surface area contributed by atoms with Crippen LogP contribution < -0.4 is 21.5 Å². The van der Waals surface area contributed by atoms with Crippen LogP contribution in [0, 0.1) is 20.8 Å². The maximum absolute atomic E-state index is 13.5. The summed E-state index contributed by atoms with van der Waals surface area (Å²) in [7, 11) is 1.57. The molecule has 2 aromatic carbocycles. The third-order valence-electron chi connectivity index (χ3n) is 5.05. The first kappa shape index (κ1) is 21.0. The molecule has 0 amide bonds. The van der Waals surface area contributed by atoms with E-state index in [4.69, 9.17) is 20.6 Å². The van der Waals surface area contributed by atoms with Gasteiger partial charge in [-0.3, -0.25) is 9.79 Å². The maximum atomic E-state index is 13.5. The van der Waals surface area contributed by atoms with E-state index in [2.05, 4.69) is 10.3 Å². The van der Waals surface area contributed by atoms with Crippen molar-refractivity contribution in [1.29, 1.82) is 0 Å². The minimum absolute atomic E-state index is 0.00325. The number of carbonyl (C=O) groups is 1. The quantitative estimate of drug-likeness (QED) is 0.203. The summed E-state index contributed by atoms with van der Waals surface area (Å²) in [6.45, 7) is 6.27. The van der Waals surface area contributed by atoms with Crippen LogP contribution in [0.15, 0.2) is 33.7 Å². The number of methoxy groups -OCH3 is 1. The number of carbonyl (C=O) groups excluding carboxylic acids is 1. The number of fused-ring (bicyclic) bond motifs is 1. The number of nitrogens with one attached hydrogen (secondary N) is 1. The van der Waals surface area contributed by atoms with Gasteiger partial charge in [-0.2, -0.15) is 0 Å². The van der Waals surface area contributed by atoms with E-state index in [1.54, 1.807) is 32.2 Å². The molecule has 0 aliphatic heterocycles. The number of nitrogens with two attached hydrogens (primary N) is 2. The third kappa shape index (κ3) is 3.89. The lowest BCUT2D eigenvalue weighted by atomic mass is 9.97. The number of furan rings is 1. The Morgan fingerprint density at radius 2 is 1.93 bits per heavy atom. The molecule has 1 heterocycles. The standard InChI is InChI=1S/C22H26N4O4/c1-11-5-6-15-17(19(28)14-9-12(2)13(3)16(10-14)29-4)21(30-20(15)18(11)27)25-7-8-26-22(23)24/h5-6,9-10,25,27H,7-8H2,1-4H3,(H4,23,24,26). The van der Waals surface area contributed by atoms with Crippen LogP contribution in [0.3, 0.4) is 0 Å². The largest absolute Gasteiger partial charge is 0.504 e. The van der Waals surface area contributed by atoms with E-state index in [1.807, 2.05) is 19.9 Å². The summed E-state index contributed by atoms with van der Waals surface area (Å²) >= 11 is 0. The Labute approximate surface area is 174 Å². The predicted molar refractivity (Wildman–Crippen MR) is 118 cm³/mol. The fourth-order valence-corrected chi connectivity index (χ4v) is 3.26.